The first-order chi connectivity index (χ1) is 7.87. The molecule has 0 aliphatic heterocycles. The smallest absolute Gasteiger partial charge is 0.372 e. The normalized spacial score (nSPS) is 11.8. The van der Waals surface area contributed by atoms with Crippen molar-refractivity contribution in [2.75, 3.05) is 13.2 Å². The molecule has 1 aromatic heterocycles. The lowest BCUT2D eigenvalue weighted by Gasteiger charge is -2.06. The van der Waals surface area contributed by atoms with Crippen LogP contribution in [-0.4, -0.2) is 45.4 Å². The lowest BCUT2D eigenvalue weighted by Crippen LogP contribution is -2.18. The molecule has 0 atom stereocenters. The van der Waals surface area contributed by atoms with Crippen LogP contribution < -0.4 is 0 Å². The minimum Gasteiger partial charge on any atom is -0.372 e. The fraction of sp³-hybridized carbons (Fsp3) is 0.750. The number of alkyl halides is 3. The third-order valence-electron chi connectivity index (χ3n) is 1.70. The predicted octanol–water partition coefficient (Wildman–Crippen LogP) is 0.291. The van der Waals surface area contributed by atoms with Crippen molar-refractivity contribution in [3.63, 3.8) is 0 Å². The van der Waals surface area contributed by atoms with E-state index in [0.29, 0.717) is 0 Å². The summed E-state index contributed by atoms with van der Waals surface area (Å²) in [7, 11) is 1.55. The van der Waals surface area contributed by atoms with Crippen molar-refractivity contribution in [1.29, 1.82) is 0 Å². The molecule has 1 rings (SSSR count). The van der Waals surface area contributed by atoms with Gasteiger partial charge in [-0.1, -0.05) is 0 Å². The number of aromatic nitrogens is 4. The van der Waals surface area contributed by atoms with Crippen LogP contribution in [0, 0.1) is 0 Å². The van der Waals surface area contributed by atoms with Gasteiger partial charge in [0.25, 0.3) is 0 Å². The summed E-state index contributed by atoms with van der Waals surface area (Å²) in [5, 5.41) is 10.9. The zero-order chi connectivity index (χ0) is 12.9. The standard InChI is InChI=1S/C8H11F3N4O2/c1-15-13-7(12-14-15)4-6(16)2-3-17-5-8(9,10)11/h2-5H2,1H3. The van der Waals surface area contributed by atoms with Gasteiger partial charge in [-0.25, -0.2) is 0 Å². The molecule has 0 amide bonds. The SMILES string of the molecule is Cn1nnc(CC(=O)CCOCC(F)(F)F)n1. The summed E-state index contributed by atoms with van der Waals surface area (Å²) >= 11 is 0. The van der Waals surface area contributed by atoms with Crippen LogP contribution in [0.15, 0.2) is 0 Å². The van der Waals surface area contributed by atoms with Crippen molar-refractivity contribution >= 4 is 5.78 Å². The maximum absolute atomic E-state index is 11.7. The Hall–Kier alpha value is -1.51. The van der Waals surface area contributed by atoms with E-state index in [9.17, 15) is 18.0 Å². The topological polar surface area (TPSA) is 69.9 Å². The molecular formula is C8H11F3N4O2. The minimum absolute atomic E-state index is 0.0524. The Balaban J connectivity index is 2.18. The molecule has 17 heavy (non-hydrogen) atoms. The molecule has 0 unspecified atom stereocenters. The van der Waals surface area contributed by atoms with Crippen molar-refractivity contribution in [1.82, 2.24) is 20.2 Å². The van der Waals surface area contributed by atoms with Gasteiger partial charge in [-0.15, -0.1) is 10.2 Å². The number of carbonyl (C=O) groups is 1. The summed E-state index contributed by atoms with van der Waals surface area (Å²) in [5.74, 6) is -0.0477. The molecule has 0 aromatic carbocycles. The van der Waals surface area contributed by atoms with Crippen LogP contribution in [-0.2, 0) is 23.0 Å². The number of hydrogen-bond acceptors (Lipinski definition) is 5. The van der Waals surface area contributed by atoms with Gasteiger partial charge < -0.3 is 4.74 Å². The molecule has 6 nitrogen and oxygen atoms in total. The van der Waals surface area contributed by atoms with E-state index in [4.69, 9.17) is 0 Å². The van der Waals surface area contributed by atoms with Gasteiger partial charge in [0.15, 0.2) is 5.82 Å². The summed E-state index contributed by atoms with van der Waals surface area (Å²) in [6.45, 7) is -1.61. The minimum atomic E-state index is -4.37. The maximum atomic E-state index is 11.7. The maximum Gasteiger partial charge on any atom is 0.411 e. The molecule has 0 saturated heterocycles. The van der Waals surface area contributed by atoms with Gasteiger partial charge >= 0.3 is 6.18 Å². The van der Waals surface area contributed by atoms with Gasteiger partial charge in [0.2, 0.25) is 0 Å². The fourth-order valence-corrected chi connectivity index (χ4v) is 1.03. The van der Waals surface area contributed by atoms with Crippen LogP contribution in [0.4, 0.5) is 13.2 Å². The van der Waals surface area contributed by atoms with Crippen molar-refractivity contribution < 1.29 is 22.7 Å². The summed E-state index contributed by atoms with van der Waals surface area (Å²) in [5.41, 5.74) is 0. The summed E-state index contributed by atoms with van der Waals surface area (Å²) in [4.78, 5) is 12.5. The molecule has 1 heterocycles. The number of ether oxygens (including phenoxy) is 1. The molecule has 96 valence electrons. The van der Waals surface area contributed by atoms with Gasteiger partial charge in [-0.2, -0.15) is 18.0 Å². The number of rotatable bonds is 6. The number of aryl methyl sites for hydroxylation is 1. The molecule has 0 bridgehead atoms. The van der Waals surface area contributed by atoms with Crippen molar-refractivity contribution in [2.24, 2.45) is 7.05 Å². The van der Waals surface area contributed by atoms with E-state index >= 15 is 0 Å². The first kappa shape index (κ1) is 13.6. The van der Waals surface area contributed by atoms with E-state index in [0.717, 1.165) is 0 Å². The zero-order valence-corrected chi connectivity index (χ0v) is 9.07. The van der Waals surface area contributed by atoms with Crippen LogP contribution in [0.25, 0.3) is 0 Å². The van der Waals surface area contributed by atoms with Crippen molar-refractivity contribution in [2.45, 2.75) is 19.0 Å². The number of tetrazole rings is 1. The number of nitrogens with zero attached hydrogens (tertiary/aromatic N) is 4. The highest BCUT2D eigenvalue weighted by atomic mass is 19.4. The Bertz CT molecular complexity index is 377. The quantitative estimate of drug-likeness (QED) is 0.680. The van der Waals surface area contributed by atoms with Gasteiger partial charge in [-0.3, -0.25) is 4.79 Å². The van der Waals surface area contributed by atoms with Crippen LogP contribution >= 0.6 is 0 Å². The summed E-state index contributed by atoms with van der Waals surface area (Å²) < 4.78 is 39.4. The van der Waals surface area contributed by atoms with E-state index in [1.165, 1.54) is 4.80 Å². The van der Waals surface area contributed by atoms with Crippen LogP contribution in [0.5, 0.6) is 0 Å². The van der Waals surface area contributed by atoms with E-state index in [2.05, 4.69) is 20.1 Å². The van der Waals surface area contributed by atoms with Gasteiger partial charge in [0, 0.05) is 6.42 Å². The number of Topliss-reactive ketones (excluding diaryl/α,β-unsaturated/α-hetero) is 1. The second kappa shape index (κ2) is 5.71. The highest BCUT2D eigenvalue weighted by Crippen LogP contribution is 2.14. The van der Waals surface area contributed by atoms with Gasteiger partial charge in [-0.05, 0) is 5.21 Å². The largest absolute Gasteiger partial charge is 0.411 e. The lowest BCUT2D eigenvalue weighted by atomic mass is 10.2. The fourth-order valence-electron chi connectivity index (χ4n) is 1.03. The summed E-state index contributed by atoms with van der Waals surface area (Å²) in [6.07, 6.45) is -4.52. The summed E-state index contributed by atoms with van der Waals surface area (Å²) in [6, 6.07) is 0. The second-order valence-electron chi connectivity index (χ2n) is 3.33. The Labute approximate surface area is 94.7 Å². The van der Waals surface area contributed by atoms with Crippen molar-refractivity contribution in [3.05, 3.63) is 5.82 Å². The van der Waals surface area contributed by atoms with E-state index in [1.54, 1.807) is 7.05 Å². The first-order valence-electron chi connectivity index (χ1n) is 4.76. The predicted molar refractivity (Wildman–Crippen MR) is 49.0 cm³/mol. The van der Waals surface area contributed by atoms with Crippen molar-refractivity contribution in [3.8, 4) is 0 Å². The van der Waals surface area contributed by atoms with Gasteiger partial charge in [0.05, 0.1) is 20.1 Å². The molecule has 0 radical (unpaired) electrons. The third kappa shape index (κ3) is 5.95. The molecule has 0 aliphatic rings. The van der Waals surface area contributed by atoms with E-state index in [1.807, 2.05) is 0 Å². The number of ketones is 1. The average molecular weight is 252 g/mol. The Kier molecular flexibility index (Phi) is 4.55. The molecule has 0 spiro atoms. The Morgan fingerprint density at radius 3 is 2.71 bits per heavy atom. The molecule has 9 heteroatoms. The second-order valence-corrected chi connectivity index (χ2v) is 3.33. The molecule has 1 aromatic rings. The highest BCUT2D eigenvalue weighted by molar-refractivity contribution is 5.80. The third-order valence-corrected chi connectivity index (χ3v) is 1.70. The van der Waals surface area contributed by atoms with Crippen LogP contribution in [0.2, 0.25) is 0 Å². The zero-order valence-electron chi connectivity index (χ0n) is 9.07. The number of hydrogen-bond donors (Lipinski definition) is 0. The van der Waals surface area contributed by atoms with Crippen LogP contribution in [0.3, 0.4) is 0 Å². The van der Waals surface area contributed by atoms with E-state index < -0.39 is 12.8 Å². The Morgan fingerprint density at radius 2 is 2.18 bits per heavy atom. The molecule has 0 N–H and O–H groups in total. The first-order valence-corrected chi connectivity index (χ1v) is 4.76. The van der Waals surface area contributed by atoms with Crippen LogP contribution in [0.1, 0.15) is 12.2 Å². The number of halogens is 3. The van der Waals surface area contributed by atoms with Gasteiger partial charge in [0.1, 0.15) is 12.4 Å². The molecular weight excluding hydrogens is 241 g/mol. The molecule has 0 fully saturated rings. The van der Waals surface area contributed by atoms with E-state index in [-0.39, 0.29) is 31.1 Å². The lowest BCUT2D eigenvalue weighted by molar-refractivity contribution is -0.174. The monoisotopic (exact) mass is 252 g/mol. The number of carbonyl (C=O) groups excluding carboxylic acids is 1. The average Bonchev–Trinajstić information content (AvgIpc) is 2.57. The molecule has 0 saturated carbocycles. The molecule has 0 aliphatic carbocycles. The highest BCUT2D eigenvalue weighted by Gasteiger charge is 2.27. The Morgan fingerprint density at radius 1 is 1.47 bits per heavy atom.